The molecule has 0 aliphatic rings. The Kier molecular flexibility index (Phi) is 5.83. The van der Waals surface area contributed by atoms with E-state index in [2.05, 4.69) is 19.2 Å². The van der Waals surface area contributed by atoms with Gasteiger partial charge in [-0.05, 0) is 56.1 Å². The zero-order valence-electron chi connectivity index (χ0n) is 12.4. The van der Waals surface area contributed by atoms with E-state index in [0.29, 0.717) is 6.42 Å². The van der Waals surface area contributed by atoms with Gasteiger partial charge in [0.15, 0.2) is 0 Å². The van der Waals surface area contributed by atoms with Crippen LogP contribution in [0.4, 0.5) is 0 Å². The molecule has 1 unspecified atom stereocenters. The van der Waals surface area contributed by atoms with Crippen LogP contribution in [0.15, 0.2) is 12.1 Å². The van der Waals surface area contributed by atoms with E-state index in [1.807, 2.05) is 19.2 Å². The van der Waals surface area contributed by atoms with Crippen molar-refractivity contribution >= 4 is 5.97 Å². The number of carbonyl (C=O) groups excluding carboxylic acids is 1. The third-order valence-corrected chi connectivity index (χ3v) is 3.40. The highest BCUT2D eigenvalue weighted by Crippen LogP contribution is 2.23. The molecule has 1 N–H and O–H groups in total. The zero-order valence-corrected chi connectivity index (χ0v) is 12.4. The van der Waals surface area contributed by atoms with Crippen LogP contribution in [0.2, 0.25) is 0 Å². The first-order valence-electron chi connectivity index (χ1n) is 6.40. The second-order valence-electron chi connectivity index (χ2n) is 4.71. The number of esters is 1. The van der Waals surface area contributed by atoms with Crippen molar-refractivity contribution in [2.24, 2.45) is 0 Å². The molecule has 0 aliphatic carbocycles. The van der Waals surface area contributed by atoms with Gasteiger partial charge in [-0.15, -0.1) is 0 Å². The summed E-state index contributed by atoms with van der Waals surface area (Å²) in [5.41, 5.74) is 3.62. The predicted octanol–water partition coefficient (Wildman–Crippen LogP) is 2.01. The zero-order chi connectivity index (χ0) is 14.4. The van der Waals surface area contributed by atoms with E-state index in [1.54, 1.807) is 7.11 Å². The lowest BCUT2D eigenvalue weighted by atomic mass is 9.95. The lowest BCUT2D eigenvalue weighted by Crippen LogP contribution is -2.31. The topological polar surface area (TPSA) is 47.6 Å². The molecule has 0 bridgehead atoms. The number of benzene rings is 1. The summed E-state index contributed by atoms with van der Waals surface area (Å²) in [5.74, 6) is 0.677. The second-order valence-corrected chi connectivity index (χ2v) is 4.71. The first-order chi connectivity index (χ1) is 9.01. The van der Waals surface area contributed by atoms with Gasteiger partial charge in [-0.25, -0.2) is 0 Å². The molecule has 106 valence electrons. The molecule has 0 fully saturated rings. The highest BCUT2D eigenvalue weighted by Gasteiger charge is 2.16. The number of hydrogen-bond acceptors (Lipinski definition) is 4. The van der Waals surface area contributed by atoms with E-state index in [9.17, 15) is 4.79 Å². The van der Waals surface area contributed by atoms with Gasteiger partial charge in [-0.1, -0.05) is 0 Å². The van der Waals surface area contributed by atoms with E-state index in [4.69, 9.17) is 9.47 Å². The highest BCUT2D eigenvalue weighted by atomic mass is 16.5. The average molecular weight is 265 g/mol. The summed E-state index contributed by atoms with van der Waals surface area (Å²) < 4.78 is 9.97. The maximum Gasteiger partial charge on any atom is 0.307 e. The van der Waals surface area contributed by atoms with Crippen LogP contribution in [-0.4, -0.2) is 33.3 Å². The maximum absolute atomic E-state index is 11.4. The quantitative estimate of drug-likeness (QED) is 0.799. The van der Waals surface area contributed by atoms with E-state index < -0.39 is 0 Å². The van der Waals surface area contributed by atoms with Crippen molar-refractivity contribution in [3.8, 4) is 5.75 Å². The smallest absolute Gasteiger partial charge is 0.307 e. The van der Waals surface area contributed by atoms with Gasteiger partial charge in [-0.3, -0.25) is 4.79 Å². The number of hydrogen-bond donors (Lipinski definition) is 1. The van der Waals surface area contributed by atoms with E-state index in [0.717, 1.165) is 12.2 Å². The van der Waals surface area contributed by atoms with Crippen LogP contribution in [0.5, 0.6) is 5.75 Å². The van der Waals surface area contributed by atoms with Crippen molar-refractivity contribution in [2.75, 3.05) is 21.3 Å². The summed E-state index contributed by atoms with van der Waals surface area (Å²) >= 11 is 0. The molecule has 0 saturated heterocycles. The molecular weight excluding hydrogens is 242 g/mol. The van der Waals surface area contributed by atoms with Crippen molar-refractivity contribution in [3.63, 3.8) is 0 Å². The fraction of sp³-hybridized carbons (Fsp3) is 0.533. The summed E-state index contributed by atoms with van der Waals surface area (Å²) in [6, 6.07) is 4.12. The number of methoxy groups -OCH3 is 2. The Balaban J connectivity index is 2.88. The van der Waals surface area contributed by atoms with Gasteiger partial charge < -0.3 is 14.8 Å². The van der Waals surface area contributed by atoms with Gasteiger partial charge in [-0.2, -0.15) is 0 Å². The monoisotopic (exact) mass is 265 g/mol. The molecule has 1 aromatic carbocycles. The molecule has 0 saturated carbocycles. The van der Waals surface area contributed by atoms with Gasteiger partial charge in [0.05, 0.1) is 20.6 Å². The van der Waals surface area contributed by atoms with Gasteiger partial charge in [0.1, 0.15) is 5.75 Å². The molecule has 4 heteroatoms. The molecule has 0 aliphatic heterocycles. The number of likely N-dealkylation sites (N-methyl/N-ethyl adjacent to an activating group) is 1. The lowest BCUT2D eigenvalue weighted by Gasteiger charge is -2.18. The standard InChI is InChI=1S/C15H23NO3/c1-10-6-13(18-4)7-11(2)14(10)8-12(16-3)9-15(17)19-5/h6-7,12,16H,8-9H2,1-5H3. The van der Waals surface area contributed by atoms with Gasteiger partial charge >= 0.3 is 5.97 Å². The predicted molar refractivity (Wildman–Crippen MR) is 75.7 cm³/mol. The Bertz CT molecular complexity index is 420. The number of aryl methyl sites for hydroxylation is 2. The highest BCUT2D eigenvalue weighted by molar-refractivity contribution is 5.70. The summed E-state index contributed by atoms with van der Waals surface area (Å²) in [6.07, 6.45) is 1.17. The first kappa shape index (κ1) is 15.5. The molecule has 0 aromatic heterocycles. The van der Waals surface area contributed by atoms with Gasteiger partial charge in [0.25, 0.3) is 0 Å². The van der Waals surface area contributed by atoms with Crippen molar-refractivity contribution in [1.29, 1.82) is 0 Å². The summed E-state index contributed by atoms with van der Waals surface area (Å²) in [4.78, 5) is 11.4. The Morgan fingerprint density at radius 1 is 1.26 bits per heavy atom. The maximum atomic E-state index is 11.4. The minimum Gasteiger partial charge on any atom is -0.497 e. The average Bonchev–Trinajstić information content (AvgIpc) is 2.40. The van der Waals surface area contributed by atoms with Crippen LogP contribution in [0.1, 0.15) is 23.1 Å². The number of ether oxygens (including phenoxy) is 2. The fourth-order valence-electron chi connectivity index (χ4n) is 2.20. The number of rotatable bonds is 6. The van der Waals surface area contributed by atoms with Crippen molar-refractivity contribution < 1.29 is 14.3 Å². The minimum absolute atomic E-state index is 0.0817. The largest absolute Gasteiger partial charge is 0.497 e. The Morgan fingerprint density at radius 2 is 1.84 bits per heavy atom. The second kappa shape index (κ2) is 7.14. The summed E-state index contributed by atoms with van der Waals surface area (Å²) in [6.45, 7) is 4.13. The Labute approximate surface area is 115 Å². The van der Waals surface area contributed by atoms with Crippen molar-refractivity contribution in [2.45, 2.75) is 32.7 Å². The molecular formula is C15H23NO3. The molecule has 0 amide bonds. The van der Waals surface area contributed by atoms with Crippen LogP contribution in [0, 0.1) is 13.8 Å². The summed E-state index contributed by atoms with van der Waals surface area (Å²) in [7, 11) is 4.95. The molecule has 0 radical (unpaired) electrons. The lowest BCUT2D eigenvalue weighted by molar-refractivity contribution is -0.141. The van der Waals surface area contributed by atoms with Crippen LogP contribution in [0.25, 0.3) is 0 Å². The Hall–Kier alpha value is -1.55. The minimum atomic E-state index is -0.192. The molecule has 19 heavy (non-hydrogen) atoms. The molecule has 4 nitrogen and oxygen atoms in total. The summed E-state index contributed by atoms with van der Waals surface area (Å²) in [5, 5.41) is 3.17. The fourth-order valence-corrected chi connectivity index (χ4v) is 2.20. The van der Waals surface area contributed by atoms with E-state index >= 15 is 0 Å². The van der Waals surface area contributed by atoms with Crippen LogP contribution in [-0.2, 0) is 16.0 Å². The normalized spacial score (nSPS) is 12.1. The van der Waals surface area contributed by atoms with Crippen LogP contribution in [0.3, 0.4) is 0 Å². The van der Waals surface area contributed by atoms with Gasteiger partial charge in [0, 0.05) is 6.04 Å². The molecule has 1 rings (SSSR count). The Morgan fingerprint density at radius 3 is 2.26 bits per heavy atom. The number of nitrogens with one attached hydrogen (secondary N) is 1. The third-order valence-electron chi connectivity index (χ3n) is 3.40. The molecule has 1 aromatic rings. The van der Waals surface area contributed by atoms with Crippen LogP contribution < -0.4 is 10.1 Å². The van der Waals surface area contributed by atoms with Gasteiger partial charge in [0.2, 0.25) is 0 Å². The molecule has 0 heterocycles. The van der Waals surface area contributed by atoms with Crippen molar-refractivity contribution in [1.82, 2.24) is 5.32 Å². The third kappa shape index (κ3) is 4.24. The van der Waals surface area contributed by atoms with Crippen LogP contribution >= 0.6 is 0 Å². The number of carbonyl (C=O) groups is 1. The van der Waals surface area contributed by atoms with Crippen molar-refractivity contribution in [3.05, 3.63) is 28.8 Å². The first-order valence-corrected chi connectivity index (χ1v) is 6.40. The van der Waals surface area contributed by atoms with E-state index in [1.165, 1.54) is 23.8 Å². The van der Waals surface area contributed by atoms with E-state index in [-0.39, 0.29) is 12.0 Å². The molecule has 1 atom stereocenters. The molecule has 0 spiro atoms. The SMILES string of the molecule is CNC(CC(=O)OC)Cc1c(C)cc(OC)cc1C.